The van der Waals surface area contributed by atoms with E-state index in [0.717, 1.165) is 57.2 Å². The molecule has 5 rings (SSSR count). The van der Waals surface area contributed by atoms with Crippen LogP contribution in [0.4, 0.5) is 5.69 Å². The molecule has 0 unspecified atom stereocenters. The average Bonchev–Trinajstić information content (AvgIpc) is 3.25. The van der Waals surface area contributed by atoms with E-state index in [4.69, 9.17) is 0 Å². The molecule has 0 aliphatic carbocycles. The number of thioether (sulfide) groups is 1. The molecular weight excluding hydrogens is 452 g/mol. The highest BCUT2D eigenvalue weighted by molar-refractivity contribution is 8.01. The van der Waals surface area contributed by atoms with Crippen LogP contribution in [-0.2, 0) is 4.79 Å². The fourth-order valence-corrected chi connectivity index (χ4v) is 5.95. The zero-order valence-corrected chi connectivity index (χ0v) is 19.9. The van der Waals surface area contributed by atoms with Crippen LogP contribution in [-0.4, -0.2) is 65.6 Å². The monoisotopic (exact) mass is 476 g/mol. The summed E-state index contributed by atoms with van der Waals surface area (Å²) in [5.74, 6) is 0.423. The van der Waals surface area contributed by atoms with Gasteiger partial charge in [0.1, 0.15) is 0 Å². The lowest BCUT2D eigenvalue weighted by Crippen LogP contribution is -2.47. The first-order chi connectivity index (χ1) is 16.1. The van der Waals surface area contributed by atoms with Gasteiger partial charge in [0.15, 0.2) is 4.34 Å². The minimum atomic E-state index is -0.136. The summed E-state index contributed by atoms with van der Waals surface area (Å²) < 4.78 is 1.85. The Hall–Kier alpha value is -2.94. The highest BCUT2D eigenvalue weighted by Gasteiger charge is 2.19. The molecule has 1 aliphatic heterocycles. The van der Waals surface area contributed by atoms with Gasteiger partial charge in [-0.25, -0.2) is 4.98 Å². The Bertz CT molecular complexity index is 1320. The number of carbonyl (C=O) groups is 2. The van der Waals surface area contributed by atoms with Gasteiger partial charge in [-0.3, -0.25) is 9.59 Å². The molecule has 1 saturated heterocycles. The van der Waals surface area contributed by atoms with E-state index in [-0.39, 0.29) is 11.8 Å². The van der Waals surface area contributed by atoms with Gasteiger partial charge in [-0.05, 0) is 42.1 Å². The number of aromatic nitrogens is 1. The number of piperazine rings is 1. The minimum Gasteiger partial charge on any atom is -0.339 e. The molecular formula is C25H24N4O2S2. The van der Waals surface area contributed by atoms with Gasteiger partial charge in [0, 0.05) is 37.4 Å². The molecule has 2 heterocycles. The summed E-state index contributed by atoms with van der Waals surface area (Å²) in [7, 11) is 2.08. The number of hydrogen-bond acceptors (Lipinski definition) is 6. The van der Waals surface area contributed by atoms with Crippen LogP contribution in [0.3, 0.4) is 0 Å². The second-order valence-corrected chi connectivity index (χ2v) is 10.4. The van der Waals surface area contributed by atoms with Gasteiger partial charge >= 0.3 is 0 Å². The number of benzene rings is 3. The van der Waals surface area contributed by atoms with Crippen LogP contribution in [0.5, 0.6) is 0 Å². The number of nitrogens with zero attached hydrogens (tertiary/aromatic N) is 3. The van der Waals surface area contributed by atoms with Crippen molar-refractivity contribution in [1.29, 1.82) is 0 Å². The first kappa shape index (κ1) is 21.9. The second-order valence-electron chi connectivity index (χ2n) is 8.12. The summed E-state index contributed by atoms with van der Waals surface area (Å²) in [6.45, 7) is 3.42. The summed E-state index contributed by atoms with van der Waals surface area (Å²) in [6.07, 6.45) is 0. The molecule has 1 fully saturated rings. The molecule has 0 atom stereocenters. The molecule has 6 nitrogen and oxygen atoms in total. The number of carbonyl (C=O) groups excluding carboxylic acids is 2. The molecule has 1 aromatic heterocycles. The molecule has 0 spiro atoms. The van der Waals surface area contributed by atoms with E-state index in [0.29, 0.717) is 11.3 Å². The summed E-state index contributed by atoms with van der Waals surface area (Å²) in [6, 6.07) is 19.3. The summed E-state index contributed by atoms with van der Waals surface area (Å²) in [4.78, 5) is 34.3. The van der Waals surface area contributed by atoms with Crippen LogP contribution >= 0.6 is 23.1 Å². The highest BCUT2D eigenvalue weighted by Crippen LogP contribution is 2.32. The number of hydrogen-bond donors (Lipinski definition) is 1. The molecule has 4 aromatic rings. The SMILES string of the molecule is CN1CCN(C(=O)CSc2nc3ccc(NC(=O)c4cccc5ccccc45)cc3s2)CC1. The molecule has 1 aliphatic rings. The van der Waals surface area contributed by atoms with Crippen molar-refractivity contribution < 1.29 is 9.59 Å². The zero-order chi connectivity index (χ0) is 22.8. The van der Waals surface area contributed by atoms with Crippen LogP contribution in [0.25, 0.3) is 21.0 Å². The quantitative estimate of drug-likeness (QED) is 0.428. The fourth-order valence-electron chi connectivity index (χ4n) is 3.94. The van der Waals surface area contributed by atoms with E-state index in [1.54, 1.807) is 11.3 Å². The third-order valence-electron chi connectivity index (χ3n) is 5.84. The molecule has 8 heteroatoms. The first-order valence-corrected chi connectivity index (χ1v) is 12.7. The van der Waals surface area contributed by atoms with Crippen molar-refractivity contribution in [2.75, 3.05) is 44.3 Å². The number of thiazole rings is 1. The first-order valence-electron chi connectivity index (χ1n) is 10.9. The van der Waals surface area contributed by atoms with E-state index in [2.05, 4.69) is 22.2 Å². The fraction of sp³-hybridized carbons (Fsp3) is 0.240. The third kappa shape index (κ3) is 4.88. The van der Waals surface area contributed by atoms with Gasteiger partial charge in [0.25, 0.3) is 5.91 Å². The smallest absolute Gasteiger partial charge is 0.256 e. The van der Waals surface area contributed by atoms with Crippen molar-refractivity contribution in [3.8, 4) is 0 Å². The Morgan fingerprint density at radius 3 is 2.67 bits per heavy atom. The lowest BCUT2D eigenvalue weighted by molar-refractivity contribution is -0.129. The lowest BCUT2D eigenvalue weighted by Gasteiger charge is -2.32. The third-order valence-corrected chi connectivity index (χ3v) is 7.98. The molecule has 2 amide bonds. The Balaban J connectivity index is 1.26. The predicted molar refractivity (Wildman–Crippen MR) is 136 cm³/mol. The van der Waals surface area contributed by atoms with Crippen molar-refractivity contribution in [1.82, 2.24) is 14.8 Å². The number of anilines is 1. The van der Waals surface area contributed by atoms with Crippen molar-refractivity contribution >= 4 is 61.6 Å². The number of amides is 2. The maximum Gasteiger partial charge on any atom is 0.256 e. The van der Waals surface area contributed by atoms with E-state index in [1.807, 2.05) is 65.6 Å². The van der Waals surface area contributed by atoms with Crippen molar-refractivity contribution in [3.63, 3.8) is 0 Å². The Morgan fingerprint density at radius 1 is 1.03 bits per heavy atom. The van der Waals surface area contributed by atoms with Gasteiger partial charge < -0.3 is 15.1 Å². The van der Waals surface area contributed by atoms with Gasteiger partial charge in [0.2, 0.25) is 5.91 Å². The molecule has 0 radical (unpaired) electrons. The average molecular weight is 477 g/mol. The van der Waals surface area contributed by atoms with Gasteiger partial charge in [0.05, 0.1) is 16.0 Å². The Kier molecular flexibility index (Phi) is 6.30. The van der Waals surface area contributed by atoms with Crippen LogP contribution < -0.4 is 5.32 Å². The van der Waals surface area contributed by atoms with Gasteiger partial charge in [-0.15, -0.1) is 11.3 Å². The molecule has 1 N–H and O–H groups in total. The van der Waals surface area contributed by atoms with Crippen molar-refractivity contribution in [3.05, 3.63) is 66.2 Å². The van der Waals surface area contributed by atoms with E-state index in [9.17, 15) is 9.59 Å². The molecule has 0 saturated carbocycles. The standard InChI is InChI=1S/C25H24N4O2S2/c1-28-11-13-29(14-12-28)23(30)16-32-25-27-21-10-9-18(15-22(21)33-25)26-24(31)20-8-4-6-17-5-2-3-7-19(17)20/h2-10,15H,11-14,16H2,1H3,(H,26,31). The Labute approximate surface area is 200 Å². The number of likely N-dealkylation sites (N-methyl/N-ethyl adjacent to an activating group) is 1. The second kappa shape index (κ2) is 9.51. The topological polar surface area (TPSA) is 65.5 Å². The van der Waals surface area contributed by atoms with Crippen molar-refractivity contribution in [2.24, 2.45) is 0 Å². The number of fused-ring (bicyclic) bond motifs is 2. The van der Waals surface area contributed by atoms with E-state index >= 15 is 0 Å². The summed E-state index contributed by atoms with van der Waals surface area (Å²) in [5.41, 5.74) is 2.25. The summed E-state index contributed by atoms with van der Waals surface area (Å²) in [5, 5.41) is 4.99. The number of rotatable bonds is 5. The highest BCUT2D eigenvalue weighted by atomic mass is 32.2. The van der Waals surface area contributed by atoms with E-state index < -0.39 is 0 Å². The Morgan fingerprint density at radius 2 is 1.82 bits per heavy atom. The van der Waals surface area contributed by atoms with Crippen LogP contribution in [0.1, 0.15) is 10.4 Å². The molecule has 33 heavy (non-hydrogen) atoms. The normalized spacial score (nSPS) is 14.6. The minimum absolute atomic E-state index is 0.136. The van der Waals surface area contributed by atoms with Crippen LogP contribution in [0, 0.1) is 0 Å². The molecule has 3 aromatic carbocycles. The maximum atomic E-state index is 12.9. The largest absolute Gasteiger partial charge is 0.339 e. The maximum absolute atomic E-state index is 12.9. The lowest BCUT2D eigenvalue weighted by atomic mass is 10.0. The predicted octanol–water partition coefficient (Wildman–Crippen LogP) is 4.57. The van der Waals surface area contributed by atoms with Crippen molar-refractivity contribution in [2.45, 2.75) is 4.34 Å². The zero-order valence-electron chi connectivity index (χ0n) is 18.3. The van der Waals surface area contributed by atoms with Crippen LogP contribution in [0.15, 0.2) is 65.0 Å². The summed E-state index contributed by atoms with van der Waals surface area (Å²) >= 11 is 3.03. The number of nitrogens with one attached hydrogen (secondary N) is 1. The molecule has 0 bridgehead atoms. The molecule has 168 valence electrons. The van der Waals surface area contributed by atoms with Gasteiger partial charge in [-0.1, -0.05) is 48.2 Å². The van der Waals surface area contributed by atoms with Crippen LogP contribution in [0.2, 0.25) is 0 Å². The van der Waals surface area contributed by atoms with Gasteiger partial charge in [-0.2, -0.15) is 0 Å². The van der Waals surface area contributed by atoms with E-state index in [1.165, 1.54) is 11.8 Å².